The minimum absolute atomic E-state index is 0.0459. The van der Waals surface area contributed by atoms with Crippen LogP contribution in [-0.4, -0.2) is 15.8 Å². The summed E-state index contributed by atoms with van der Waals surface area (Å²) in [5.41, 5.74) is 2.45. The van der Waals surface area contributed by atoms with Gasteiger partial charge in [-0.3, -0.25) is 0 Å². The van der Waals surface area contributed by atoms with Crippen molar-refractivity contribution in [1.29, 1.82) is 0 Å². The third kappa shape index (κ3) is 4.31. The first-order chi connectivity index (χ1) is 12.2. The van der Waals surface area contributed by atoms with Crippen LogP contribution >= 0.6 is 9.24 Å². The Labute approximate surface area is 153 Å². The average Bonchev–Trinajstić information content (AvgIpc) is 3.13. The van der Waals surface area contributed by atoms with E-state index in [1.165, 1.54) is 15.3 Å². The molecule has 0 fully saturated rings. The summed E-state index contributed by atoms with van der Waals surface area (Å²) in [6.45, 7) is 6.25. The molecule has 1 aromatic carbocycles. The number of imidazole rings is 1. The van der Waals surface area contributed by atoms with Crippen LogP contribution in [0.2, 0.25) is 0 Å². The number of para-hydroxylation sites is 1. The van der Waals surface area contributed by atoms with Crippen LogP contribution in [0.4, 0.5) is 8.78 Å². The van der Waals surface area contributed by atoms with Gasteiger partial charge >= 0.3 is 5.85 Å². The van der Waals surface area contributed by atoms with Gasteiger partial charge in [-0.05, 0) is 52.8 Å². The molecule has 2 heterocycles. The highest BCUT2D eigenvalue weighted by Crippen LogP contribution is 2.37. The van der Waals surface area contributed by atoms with Crippen LogP contribution in [0.15, 0.2) is 40.8 Å². The fourth-order valence-corrected chi connectivity index (χ4v) is 2.84. The Bertz CT molecular complexity index is 897. The van der Waals surface area contributed by atoms with Gasteiger partial charge in [0.05, 0.1) is 11.3 Å². The van der Waals surface area contributed by atoms with Crippen molar-refractivity contribution < 1.29 is 17.9 Å². The van der Waals surface area contributed by atoms with E-state index in [9.17, 15) is 8.78 Å². The molecule has 0 radical (unpaired) electrons. The molecule has 0 aliphatic heterocycles. The molecule has 0 bridgehead atoms. The van der Waals surface area contributed by atoms with E-state index in [4.69, 9.17) is 9.15 Å². The van der Waals surface area contributed by atoms with Gasteiger partial charge < -0.3 is 14.1 Å². The summed E-state index contributed by atoms with van der Waals surface area (Å²) in [6.07, 6.45) is 0.871. The largest absolute Gasteiger partial charge is 0.453 e. The van der Waals surface area contributed by atoms with Crippen molar-refractivity contribution in [3.05, 3.63) is 47.8 Å². The lowest BCUT2D eigenvalue weighted by Gasteiger charge is -2.15. The highest BCUT2D eigenvalue weighted by atomic mass is 31.0. The molecule has 4 nitrogen and oxygen atoms in total. The Kier molecular flexibility index (Phi) is 5.15. The minimum atomic E-state index is -3.35. The molecule has 7 heteroatoms. The van der Waals surface area contributed by atoms with Gasteiger partial charge in [0, 0.05) is 5.69 Å². The number of aromatic nitrogens is 2. The smallest absolute Gasteiger partial charge is 0.408 e. The predicted octanol–water partition coefficient (Wildman–Crippen LogP) is 5.65. The van der Waals surface area contributed by atoms with Gasteiger partial charge in [0.1, 0.15) is 11.5 Å². The zero-order chi connectivity index (χ0) is 18.9. The second-order valence-corrected chi connectivity index (χ2v) is 7.25. The van der Waals surface area contributed by atoms with Crippen LogP contribution in [-0.2, 0) is 6.42 Å². The second kappa shape index (κ2) is 7.20. The summed E-state index contributed by atoms with van der Waals surface area (Å²) >= 11 is 0. The van der Waals surface area contributed by atoms with Gasteiger partial charge in [0.2, 0.25) is 0 Å². The molecule has 2 aromatic heterocycles. The first kappa shape index (κ1) is 18.6. The van der Waals surface area contributed by atoms with Crippen molar-refractivity contribution in [2.75, 3.05) is 0 Å². The minimum Gasteiger partial charge on any atom is -0.453 e. The molecule has 0 saturated heterocycles. The number of nitrogens with one attached hydrogen (secondary N) is 1. The van der Waals surface area contributed by atoms with Crippen LogP contribution in [0.3, 0.4) is 0 Å². The summed E-state index contributed by atoms with van der Waals surface area (Å²) in [5, 5.41) is 0. The van der Waals surface area contributed by atoms with E-state index >= 15 is 0 Å². The highest BCUT2D eigenvalue weighted by molar-refractivity contribution is 7.17. The van der Waals surface area contributed by atoms with Crippen molar-refractivity contribution >= 4 is 9.24 Å². The first-order valence-corrected chi connectivity index (χ1v) is 8.91. The molecule has 0 saturated carbocycles. The van der Waals surface area contributed by atoms with Crippen LogP contribution in [0.1, 0.15) is 25.2 Å². The Balaban J connectivity index is 1.92. The number of nitrogens with zero attached hydrogens (tertiary/aromatic N) is 1. The second-order valence-electron chi connectivity index (χ2n) is 6.58. The molecular formula is C19H21F2N2O2P. The maximum Gasteiger partial charge on any atom is 0.408 e. The number of benzene rings is 1. The van der Waals surface area contributed by atoms with Gasteiger partial charge in [-0.25, -0.2) is 4.98 Å². The monoisotopic (exact) mass is 378 g/mol. The molecule has 1 unspecified atom stereocenters. The number of halogens is 2. The van der Waals surface area contributed by atoms with Crippen molar-refractivity contribution in [2.45, 2.75) is 33.0 Å². The Morgan fingerprint density at radius 2 is 1.88 bits per heavy atom. The van der Waals surface area contributed by atoms with Crippen LogP contribution in [0, 0.1) is 12.8 Å². The highest BCUT2D eigenvalue weighted by Gasteiger charge is 2.25. The molecule has 0 aliphatic carbocycles. The standard InChI is InChI=1S/C19H21F2N2O2P/c1-11(2)10-14-12(3)22-18(23-14)17-9-8-15(24-17)13-6-4-5-7-16(13)25-19(20,21)26/h4-9,11H,10,26H2,1-3H3,(H,22,23). The lowest BCUT2D eigenvalue weighted by atomic mass is 10.1. The van der Waals surface area contributed by atoms with Gasteiger partial charge in [0.25, 0.3) is 0 Å². The van der Waals surface area contributed by atoms with Gasteiger partial charge in [-0.2, -0.15) is 8.78 Å². The number of alkyl halides is 2. The topological polar surface area (TPSA) is 51.0 Å². The van der Waals surface area contributed by atoms with Crippen molar-refractivity contribution in [2.24, 2.45) is 5.92 Å². The zero-order valence-corrected chi connectivity index (χ0v) is 16.0. The normalized spacial score (nSPS) is 12.0. The van der Waals surface area contributed by atoms with Crippen LogP contribution in [0.5, 0.6) is 5.75 Å². The van der Waals surface area contributed by atoms with Crippen molar-refractivity contribution in [3.63, 3.8) is 0 Å². The Hall–Kier alpha value is -2.20. The first-order valence-electron chi connectivity index (χ1n) is 8.33. The number of hydrogen-bond donors (Lipinski definition) is 1. The molecule has 3 aromatic rings. The summed E-state index contributed by atoms with van der Waals surface area (Å²) < 4.78 is 37.0. The Morgan fingerprint density at radius 1 is 1.19 bits per heavy atom. The molecular weight excluding hydrogens is 357 g/mol. The SMILES string of the molecule is Cc1[nH]c(-c2ccc(-c3ccccc3OC(F)(F)P)o2)nc1CC(C)C. The van der Waals surface area contributed by atoms with E-state index in [1.54, 1.807) is 30.3 Å². The van der Waals surface area contributed by atoms with E-state index in [-0.39, 0.29) is 5.75 Å². The van der Waals surface area contributed by atoms with E-state index in [2.05, 4.69) is 23.8 Å². The molecule has 26 heavy (non-hydrogen) atoms. The lowest BCUT2D eigenvalue weighted by molar-refractivity contribution is -0.0889. The third-order valence-corrected chi connectivity index (χ3v) is 3.94. The van der Waals surface area contributed by atoms with Gasteiger partial charge in [-0.1, -0.05) is 26.0 Å². The van der Waals surface area contributed by atoms with Crippen molar-refractivity contribution in [3.8, 4) is 28.7 Å². The number of hydrogen-bond acceptors (Lipinski definition) is 3. The lowest BCUT2D eigenvalue weighted by Crippen LogP contribution is -2.15. The van der Waals surface area contributed by atoms with E-state index in [1.807, 2.05) is 6.92 Å². The quantitative estimate of drug-likeness (QED) is 0.564. The average molecular weight is 378 g/mol. The number of furan rings is 1. The predicted molar refractivity (Wildman–Crippen MR) is 100 cm³/mol. The molecule has 0 aliphatic rings. The summed E-state index contributed by atoms with van der Waals surface area (Å²) in [6, 6.07) is 10.0. The summed E-state index contributed by atoms with van der Waals surface area (Å²) in [4.78, 5) is 7.83. The van der Waals surface area contributed by atoms with Gasteiger partial charge in [0.15, 0.2) is 11.6 Å². The summed E-state index contributed by atoms with van der Waals surface area (Å²) in [5.74, 6) is -1.21. The fourth-order valence-electron chi connectivity index (χ4n) is 2.71. The third-order valence-electron chi connectivity index (χ3n) is 3.83. The van der Waals surface area contributed by atoms with Crippen LogP contribution in [0.25, 0.3) is 22.9 Å². The number of aryl methyl sites for hydroxylation is 1. The molecule has 0 spiro atoms. The van der Waals surface area contributed by atoms with E-state index in [0.717, 1.165) is 17.8 Å². The number of aromatic amines is 1. The fraction of sp³-hybridized carbons (Fsp3) is 0.316. The molecule has 3 rings (SSSR count). The van der Waals surface area contributed by atoms with Gasteiger partial charge in [-0.15, -0.1) is 0 Å². The molecule has 138 valence electrons. The summed E-state index contributed by atoms with van der Waals surface area (Å²) in [7, 11) is 1.37. The molecule has 1 N–H and O–H groups in total. The molecule has 1 atom stereocenters. The zero-order valence-electron chi connectivity index (χ0n) is 14.8. The molecule has 0 amide bonds. The number of ether oxygens (including phenoxy) is 1. The van der Waals surface area contributed by atoms with Crippen molar-refractivity contribution in [1.82, 2.24) is 9.97 Å². The van der Waals surface area contributed by atoms with E-state index < -0.39 is 5.85 Å². The Morgan fingerprint density at radius 3 is 2.58 bits per heavy atom. The maximum absolute atomic E-state index is 13.2. The van der Waals surface area contributed by atoms with E-state index in [0.29, 0.717) is 28.8 Å². The number of H-pyrrole nitrogens is 1. The van der Waals surface area contributed by atoms with Crippen LogP contribution < -0.4 is 4.74 Å². The number of rotatable bonds is 6. The maximum atomic E-state index is 13.2.